The average Bonchev–Trinajstić information content (AvgIpc) is 3.05. The molecule has 0 radical (unpaired) electrons. The van der Waals surface area contributed by atoms with Gasteiger partial charge in [-0.15, -0.1) is 34.2 Å². The number of hydrogen-bond acceptors (Lipinski definition) is 4. The van der Waals surface area contributed by atoms with Gasteiger partial charge in [0.2, 0.25) is 0 Å². The van der Waals surface area contributed by atoms with Gasteiger partial charge in [-0.1, -0.05) is 19.9 Å². The van der Waals surface area contributed by atoms with Crippen LogP contribution in [0.15, 0.2) is 29.4 Å². The fourth-order valence-electron chi connectivity index (χ4n) is 4.33. The second kappa shape index (κ2) is 7.67. The van der Waals surface area contributed by atoms with Crippen molar-refractivity contribution in [1.29, 1.82) is 0 Å². The Kier molecular flexibility index (Phi) is 5.71. The molecule has 3 atom stereocenters. The predicted molar refractivity (Wildman–Crippen MR) is 112 cm³/mol. The number of guanidine groups is 1. The van der Waals surface area contributed by atoms with E-state index in [1.54, 1.807) is 7.05 Å². The lowest BCUT2D eigenvalue weighted by Crippen LogP contribution is -2.71. The van der Waals surface area contributed by atoms with Crippen LogP contribution in [0.4, 0.5) is 0 Å². The molecule has 7 nitrogen and oxygen atoms in total. The van der Waals surface area contributed by atoms with Crippen molar-refractivity contribution in [1.82, 2.24) is 25.2 Å². The molecule has 0 amide bonds. The number of pyridine rings is 1. The highest BCUT2D eigenvalue weighted by Crippen LogP contribution is 2.51. The minimum atomic E-state index is 0. The van der Waals surface area contributed by atoms with E-state index in [1.807, 2.05) is 28.8 Å². The molecule has 0 aromatic carbocycles. The van der Waals surface area contributed by atoms with E-state index in [4.69, 9.17) is 4.74 Å². The number of fused-ring (bicyclic) bond motifs is 2. The summed E-state index contributed by atoms with van der Waals surface area (Å²) in [5, 5.41) is 15.4. The van der Waals surface area contributed by atoms with Gasteiger partial charge >= 0.3 is 0 Å². The lowest BCUT2D eigenvalue weighted by Gasteiger charge is -2.60. The smallest absolute Gasteiger partial charge is 0.191 e. The summed E-state index contributed by atoms with van der Waals surface area (Å²) in [6.07, 6.45) is 4.70. The Hall–Kier alpha value is -1.42. The molecule has 2 aromatic rings. The number of rotatable bonds is 3. The van der Waals surface area contributed by atoms with E-state index in [2.05, 4.69) is 39.7 Å². The van der Waals surface area contributed by atoms with E-state index >= 15 is 0 Å². The van der Waals surface area contributed by atoms with Gasteiger partial charge in [0, 0.05) is 37.2 Å². The maximum absolute atomic E-state index is 5.98. The van der Waals surface area contributed by atoms with Gasteiger partial charge in [0.25, 0.3) is 0 Å². The first-order chi connectivity index (χ1) is 12.1. The molecule has 26 heavy (non-hydrogen) atoms. The Morgan fingerprint density at radius 1 is 1.38 bits per heavy atom. The Morgan fingerprint density at radius 2 is 2.23 bits per heavy atom. The lowest BCUT2D eigenvalue weighted by atomic mass is 9.55. The first-order valence-corrected chi connectivity index (χ1v) is 8.98. The van der Waals surface area contributed by atoms with Gasteiger partial charge in [-0.25, -0.2) is 0 Å². The van der Waals surface area contributed by atoms with Crippen LogP contribution in [-0.2, 0) is 11.3 Å². The zero-order chi connectivity index (χ0) is 17.4. The summed E-state index contributed by atoms with van der Waals surface area (Å²) >= 11 is 0. The van der Waals surface area contributed by atoms with Gasteiger partial charge in [0.15, 0.2) is 17.4 Å². The molecule has 2 N–H and O–H groups in total. The molecule has 142 valence electrons. The summed E-state index contributed by atoms with van der Waals surface area (Å²) in [4.78, 5) is 4.39. The van der Waals surface area contributed by atoms with Gasteiger partial charge in [-0.3, -0.25) is 9.39 Å². The number of hydrogen-bond donors (Lipinski definition) is 2. The van der Waals surface area contributed by atoms with Crippen LogP contribution in [0.3, 0.4) is 0 Å². The third-order valence-corrected chi connectivity index (χ3v) is 5.65. The number of nitrogens with zero attached hydrogens (tertiary/aromatic N) is 4. The minimum Gasteiger partial charge on any atom is -0.377 e. The van der Waals surface area contributed by atoms with Crippen molar-refractivity contribution < 1.29 is 4.74 Å². The summed E-state index contributed by atoms with van der Waals surface area (Å²) in [5.41, 5.74) is 0.967. The number of aliphatic imine (C=N–C) groups is 1. The van der Waals surface area contributed by atoms with Crippen LogP contribution in [0.5, 0.6) is 0 Å². The van der Waals surface area contributed by atoms with Gasteiger partial charge in [0.1, 0.15) is 0 Å². The monoisotopic (exact) mass is 470 g/mol. The fraction of sp³-hybridized carbons (Fsp3) is 0.611. The fourth-order valence-corrected chi connectivity index (χ4v) is 4.33. The van der Waals surface area contributed by atoms with Gasteiger partial charge in [-0.05, 0) is 25.0 Å². The highest BCUT2D eigenvalue weighted by atomic mass is 127. The second-order valence-corrected chi connectivity index (χ2v) is 7.51. The number of ether oxygens (including phenoxy) is 1. The first kappa shape index (κ1) is 19.3. The number of aromatic nitrogens is 3. The predicted octanol–water partition coefficient (Wildman–Crippen LogP) is 2.22. The average molecular weight is 470 g/mol. The van der Waals surface area contributed by atoms with E-state index < -0.39 is 0 Å². The molecular formula is C18H27IN6O. The van der Waals surface area contributed by atoms with Crippen molar-refractivity contribution in [2.75, 3.05) is 13.7 Å². The largest absolute Gasteiger partial charge is 0.377 e. The zero-order valence-electron chi connectivity index (χ0n) is 15.5. The first-order valence-electron chi connectivity index (χ1n) is 8.98. The van der Waals surface area contributed by atoms with E-state index in [1.165, 1.54) is 6.42 Å². The summed E-state index contributed by atoms with van der Waals surface area (Å²) in [7, 11) is 1.80. The topological polar surface area (TPSA) is 75.8 Å². The highest BCUT2D eigenvalue weighted by molar-refractivity contribution is 14.0. The van der Waals surface area contributed by atoms with Crippen LogP contribution in [0.2, 0.25) is 0 Å². The lowest BCUT2D eigenvalue weighted by molar-refractivity contribution is -0.188. The second-order valence-electron chi connectivity index (χ2n) is 7.51. The Bertz CT molecular complexity index is 789. The maximum atomic E-state index is 5.98. The summed E-state index contributed by atoms with van der Waals surface area (Å²) in [5.74, 6) is 2.23. The third kappa shape index (κ3) is 3.28. The molecule has 1 aliphatic heterocycles. The van der Waals surface area contributed by atoms with Gasteiger partial charge < -0.3 is 15.4 Å². The van der Waals surface area contributed by atoms with Crippen LogP contribution < -0.4 is 10.6 Å². The molecule has 0 bridgehead atoms. The molecule has 2 aromatic heterocycles. The van der Waals surface area contributed by atoms with Crippen LogP contribution in [0, 0.1) is 11.3 Å². The third-order valence-electron chi connectivity index (χ3n) is 5.65. The molecular weight excluding hydrogens is 443 g/mol. The molecule has 3 heterocycles. The molecule has 3 unspecified atom stereocenters. The molecule has 0 spiro atoms. The SMILES string of the molecule is CN=C(NCc1nnc2ccccn12)NC1C2CCCOC2C1(C)C.I. The van der Waals surface area contributed by atoms with E-state index in [9.17, 15) is 0 Å². The van der Waals surface area contributed by atoms with Crippen LogP contribution in [0.25, 0.3) is 5.65 Å². The Morgan fingerprint density at radius 3 is 3.04 bits per heavy atom. The van der Waals surface area contributed by atoms with Crippen molar-refractivity contribution in [3.63, 3.8) is 0 Å². The van der Waals surface area contributed by atoms with E-state index in [-0.39, 0.29) is 29.4 Å². The summed E-state index contributed by atoms with van der Waals surface area (Å²) in [6.45, 7) is 6.01. The van der Waals surface area contributed by atoms with Crippen LogP contribution in [-0.4, -0.2) is 46.4 Å². The van der Waals surface area contributed by atoms with E-state index in [0.717, 1.165) is 30.5 Å². The number of halogens is 1. The Balaban J connectivity index is 0.00000196. The zero-order valence-corrected chi connectivity index (χ0v) is 17.8. The molecule has 1 aliphatic carbocycles. The van der Waals surface area contributed by atoms with Crippen molar-refractivity contribution in [2.24, 2.45) is 16.3 Å². The molecule has 2 fully saturated rings. The van der Waals surface area contributed by atoms with Crippen molar-refractivity contribution in [3.05, 3.63) is 30.2 Å². The van der Waals surface area contributed by atoms with Crippen molar-refractivity contribution in [3.8, 4) is 0 Å². The van der Waals surface area contributed by atoms with Gasteiger partial charge in [0.05, 0.1) is 12.6 Å². The minimum absolute atomic E-state index is 0. The van der Waals surface area contributed by atoms with Crippen molar-refractivity contribution >= 4 is 35.6 Å². The number of nitrogens with one attached hydrogen (secondary N) is 2. The molecule has 2 aliphatic rings. The standard InChI is InChI=1S/C18H26N6O.HI/c1-18(2)15(12-7-6-10-25-16(12)18)21-17(19-3)20-11-14-23-22-13-8-4-5-9-24(13)14;/h4-5,8-9,12,15-16H,6-7,10-11H2,1-3H3,(H2,19,20,21);1H. The van der Waals surface area contributed by atoms with Crippen LogP contribution >= 0.6 is 24.0 Å². The normalized spacial score (nSPS) is 27.2. The Labute approximate surface area is 171 Å². The highest BCUT2D eigenvalue weighted by Gasteiger charge is 2.58. The molecule has 4 rings (SSSR count). The van der Waals surface area contributed by atoms with Gasteiger partial charge in [-0.2, -0.15) is 0 Å². The van der Waals surface area contributed by atoms with Crippen molar-refractivity contribution in [2.45, 2.75) is 45.4 Å². The molecule has 8 heteroatoms. The maximum Gasteiger partial charge on any atom is 0.191 e. The quantitative estimate of drug-likeness (QED) is 0.409. The molecule has 1 saturated carbocycles. The van der Waals surface area contributed by atoms with Crippen LogP contribution in [0.1, 0.15) is 32.5 Å². The summed E-state index contributed by atoms with van der Waals surface area (Å²) in [6, 6.07) is 6.26. The van der Waals surface area contributed by atoms with E-state index in [0.29, 0.717) is 24.6 Å². The molecule has 1 saturated heterocycles. The summed E-state index contributed by atoms with van der Waals surface area (Å²) < 4.78 is 7.97.